The van der Waals surface area contributed by atoms with Gasteiger partial charge in [-0.05, 0) is 53.1 Å². The zero-order chi connectivity index (χ0) is 16.1. The molecule has 22 heavy (non-hydrogen) atoms. The molecule has 1 fully saturated rings. The molecular formula is C17H30N4O. The molecule has 0 N–H and O–H groups in total. The second-order valence-electron chi connectivity index (χ2n) is 6.80. The summed E-state index contributed by atoms with van der Waals surface area (Å²) < 4.78 is 1.93. The molecule has 5 heteroatoms. The molecule has 2 rings (SSSR count). The number of likely N-dealkylation sites (tertiary alicyclic amines) is 1. The molecule has 0 radical (unpaired) electrons. The average Bonchev–Trinajstić information content (AvgIpc) is 3.15. The summed E-state index contributed by atoms with van der Waals surface area (Å²) in [7, 11) is 1.88. The number of carbonyl (C=O) groups is 1. The van der Waals surface area contributed by atoms with E-state index in [2.05, 4.69) is 30.8 Å². The third-order valence-corrected chi connectivity index (χ3v) is 4.57. The van der Waals surface area contributed by atoms with Gasteiger partial charge >= 0.3 is 0 Å². The van der Waals surface area contributed by atoms with E-state index >= 15 is 0 Å². The quantitative estimate of drug-likeness (QED) is 0.778. The maximum atomic E-state index is 12.3. The van der Waals surface area contributed by atoms with E-state index in [1.807, 2.05) is 29.0 Å². The summed E-state index contributed by atoms with van der Waals surface area (Å²) in [5.74, 6) is 0.225. The zero-order valence-electron chi connectivity index (χ0n) is 14.5. The Kier molecular flexibility index (Phi) is 6.00. The summed E-state index contributed by atoms with van der Waals surface area (Å²) in [6.07, 6.45) is 8.08. The smallest absolute Gasteiger partial charge is 0.222 e. The fraction of sp³-hybridized carbons (Fsp3) is 0.765. The molecule has 0 bridgehead atoms. The Labute approximate surface area is 134 Å². The van der Waals surface area contributed by atoms with Gasteiger partial charge < -0.3 is 9.80 Å². The van der Waals surface area contributed by atoms with E-state index in [0.717, 1.165) is 12.0 Å². The van der Waals surface area contributed by atoms with Crippen LogP contribution in [0.1, 0.15) is 58.1 Å². The van der Waals surface area contributed by atoms with Crippen LogP contribution in [0, 0.1) is 0 Å². The number of rotatable bonds is 7. The highest BCUT2D eigenvalue weighted by Gasteiger charge is 2.19. The Bertz CT molecular complexity index is 477. The minimum Gasteiger partial charge on any atom is -0.341 e. The number of carbonyl (C=O) groups excluding carboxylic acids is 1. The van der Waals surface area contributed by atoms with Gasteiger partial charge in [0.25, 0.3) is 0 Å². The Balaban J connectivity index is 1.76. The molecule has 0 aromatic carbocycles. The van der Waals surface area contributed by atoms with Crippen LogP contribution in [0.25, 0.3) is 0 Å². The molecule has 1 saturated heterocycles. The molecule has 1 amide bonds. The lowest BCUT2D eigenvalue weighted by Gasteiger charge is -2.24. The van der Waals surface area contributed by atoms with Crippen LogP contribution in [-0.2, 0) is 11.3 Å². The summed E-state index contributed by atoms with van der Waals surface area (Å²) in [6.45, 7) is 9.48. The van der Waals surface area contributed by atoms with Crippen LogP contribution < -0.4 is 0 Å². The van der Waals surface area contributed by atoms with Gasteiger partial charge in [0.1, 0.15) is 0 Å². The van der Waals surface area contributed by atoms with Crippen molar-refractivity contribution in [2.45, 2.75) is 65.1 Å². The Morgan fingerprint density at radius 2 is 2.00 bits per heavy atom. The minimum atomic E-state index is 0.225. The van der Waals surface area contributed by atoms with Crippen LogP contribution in [0.3, 0.4) is 0 Å². The fourth-order valence-electron chi connectivity index (χ4n) is 2.99. The summed E-state index contributed by atoms with van der Waals surface area (Å²) >= 11 is 0. The second-order valence-corrected chi connectivity index (χ2v) is 6.80. The predicted molar refractivity (Wildman–Crippen MR) is 88.6 cm³/mol. The monoisotopic (exact) mass is 306 g/mol. The fourth-order valence-corrected chi connectivity index (χ4v) is 2.99. The molecule has 2 heterocycles. The van der Waals surface area contributed by atoms with Crippen molar-refractivity contribution in [1.29, 1.82) is 0 Å². The van der Waals surface area contributed by atoms with Gasteiger partial charge in [0.15, 0.2) is 0 Å². The third kappa shape index (κ3) is 4.57. The first kappa shape index (κ1) is 17.0. The first-order chi connectivity index (χ1) is 10.5. The molecule has 1 aromatic rings. The zero-order valence-corrected chi connectivity index (χ0v) is 14.5. The molecule has 1 atom stereocenters. The average molecular weight is 306 g/mol. The molecule has 124 valence electrons. The molecular weight excluding hydrogens is 276 g/mol. The standard InChI is InChI=1S/C17H30N4O/c1-14(2)21-13-16(11-18-21)12-19(4)17(22)8-7-15(3)20-9-5-6-10-20/h11,13-15H,5-10,12H2,1-4H3/t15-/m1/s1. The topological polar surface area (TPSA) is 41.4 Å². The van der Waals surface area contributed by atoms with E-state index < -0.39 is 0 Å². The first-order valence-electron chi connectivity index (χ1n) is 8.48. The number of hydrogen-bond donors (Lipinski definition) is 0. The summed E-state index contributed by atoms with van der Waals surface area (Å²) in [5, 5.41) is 4.33. The van der Waals surface area contributed by atoms with Crippen LogP contribution in [0.5, 0.6) is 0 Å². The molecule has 0 spiro atoms. The van der Waals surface area contributed by atoms with Crippen LogP contribution in [0.4, 0.5) is 0 Å². The molecule has 1 aliphatic rings. The highest BCUT2D eigenvalue weighted by atomic mass is 16.2. The van der Waals surface area contributed by atoms with Crippen molar-refractivity contribution >= 4 is 5.91 Å². The summed E-state index contributed by atoms with van der Waals surface area (Å²) in [4.78, 5) is 16.6. The van der Waals surface area contributed by atoms with Crippen molar-refractivity contribution in [3.05, 3.63) is 18.0 Å². The highest BCUT2D eigenvalue weighted by molar-refractivity contribution is 5.75. The van der Waals surface area contributed by atoms with E-state index in [0.29, 0.717) is 25.0 Å². The Morgan fingerprint density at radius 1 is 1.32 bits per heavy atom. The van der Waals surface area contributed by atoms with Crippen molar-refractivity contribution in [3.8, 4) is 0 Å². The lowest BCUT2D eigenvalue weighted by molar-refractivity contribution is -0.130. The van der Waals surface area contributed by atoms with Gasteiger partial charge in [0.05, 0.1) is 6.20 Å². The molecule has 1 aromatic heterocycles. The van der Waals surface area contributed by atoms with Crippen LogP contribution in [0.15, 0.2) is 12.4 Å². The van der Waals surface area contributed by atoms with Gasteiger partial charge in [0, 0.05) is 43.9 Å². The van der Waals surface area contributed by atoms with Gasteiger partial charge in [0.2, 0.25) is 5.91 Å². The molecule has 0 aliphatic carbocycles. The predicted octanol–water partition coefficient (Wildman–Crippen LogP) is 2.69. The SMILES string of the molecule is CC(C)n1cc(CN(C)C(=O)CC[C@@H](C)N2CCCC2)cn1. The summed E-state index contributed by atoms with van der Waals surface area (Å²) in [6, 6.07) is 0.875. The molecule has 0 saturated carbocycles. The lowest BCUT2D eigenvalue weighted by atomic mass is 10.1. The number of nitrogens with zero attached hydrogens (tertiary/aromatic N) is 4. The third-order valence-electron chi connectivity index (χ3n) is 4.57. The summed E-state index contributed by atoms with van der Waals surface area (Å²) in [5.41, 5.74) is 1.09. The van der Waals surface area contributed by atoms with Crippen LogP contribution in [0.2, 0.25) is 0 Å². The number of aromatic nitrogens is 2. The molecule has 0 unspecified atom stereocenters. The van der Waals surface area contributed by atoms with Gasteiger partial charge in [-0.25, -0.2) is 0 Å². The van der Waals surface area contributed by atoms with Gasteiger partial charge in [-0.15, -0.1) is 0 Å². The van der Waals surface area contributed by atoms with Crippen molar-refractivity contribution < 1.29 is 4.79 Å². The number of amides is 1. The maximum absolute atomic E-state index is 12.3. The Hall–Kier alpha value is -1.36. The normalized spacial score (nSPS) is 17.1. The van der Waals surface area contributed by atoms with E-state index in [4.69, 9.17) is 0 Å². The van der Waals surface area contributed by atoms with E-state index in [-0.39, 0.29) is 5.91 Å². The molecule has 1 aliphatic heterocycles. The molecule has 5 nitrogen and oxygen atoms in total. The van der Waals surface area contributed by atoms with Crippen molar-refractivity contribution in [3.63, 3.8) is 0 Å². The largest absolute Gasteiger partial charge is 0.341 e. The van der Waals surface area contributed by atoms with Crippen molar-refractivity contribution in [2.24, 2.45) is 0 Å². The lowest BCUT2D eigenvalue weighted by Crippen LogP contribution is -2.32. The van der Waals surface area contributed by atoms with Crippen LogP contribution >= 0.6 is 0 Å². The van der Waals surface area contributed by atoms with Gasteiger partial charge in [-0.3, -0.25) is 9.48 Å². The maximum Gasteiger partial charge on any atom is 0.222 e. The second kappa shape index (κ2) is 7.77. The highest BCUT2D eigenvalue weighted by Crippen LogP contribution is 2.16. The van der Waals surface area contributed by atoms with Gasteiger partial charge in [-0.2, -0.15) is 5.10 Å². The Morgan fingerprint density at radius 3 is 2.59 bits per heavy atom. The van der Waals surface area contributed by atoms with Gasteiger partial charge in [-0.1, -0.05) is 0 Å². The minimum absolute atomic E-state index is 0.225. The van der Waals surface area contributed by atoms with E-state index in [1.165, 1.54) is 25.9 Å². The number of hydrogen-bond acceptors (Lipinski definition) is 3. The van der Waals surface area contributed by atoms with E-state index in [9.17, 15) is 4.79 Å². The van der Waals surface area contributed by atoms with Crippen LogP contribution in [-0.4, -0.2) is 51.7 Å². The van der Waals surface area contributed by atoms with E-state index in [1.54, 1.807) is 0 Å². The van der Waals surface area contributed by atoms with Crippen molar-refractivity contribution in [1.82, 2.24) is 19.6 Å². The first-order valence-corrected chi connectivity index (χ1v) is 8.48. The van der Waals surface area contributed by atoms with Crippen molar-refractivity contribution in [2.75, 3.05) is 20.1 Å².